The molecule has 0 bridgehead atoms. The third-order valence-electron chi connectivity index (χ3n) is 5.57. The van der Waals surface area contributed by atoms with Crippen LogP contribution in [0.5, 0.6) is 11.5 Å². The Morgan fingerprint density at radius 1 is 0.938 bits per heavy atom. The van der Waals surface area contributed by atoms with E-state index in [0.717, 1.165) is 51.9 Å². The van der Waals surface area contributed by atoms with E-state index in [9.17, 15) is 0 Å². The van der Waals surface area contributed by atoms with Gasteiger partial charge < -0.3 is 14.0 Å². The Balaban J connectivity index is 1.42. The molecule has 1 aromatic heterocycles. The van der Waals surface area contributed by atoms with Gasteiger partial charge in [0.05, 0.1) is 17.6 Å². The van der Waals surface area contributed by atoms with Crippen molar-refractivity contribution in [3.05, 3.63) is 88.7 Å². The minimum absolute atomic E-state index is 0.424. The van der Waals surface area contributed by atoms with E-state index >= 15 is 0 Å². The van der Waals surface area contributed by atoms with E-state index in [1.54, 1.807) is 0 Å². The molecule has 0 spiro atoms. The quantitative estimate of drug-likeness (QED) is 0.254. The molecule has 166 valence electrons. The van der Waals surface area contributed by atoms with Crippen molar-refractivity contribution >= 4 is 22.6 Å². The zero-order valence-corrected chi connectivity index (χ0v) is 19.6. The van der Waals surface area contributed by atoms with Crippen molar-refractivity contribution in [2.75, 3.05) is 6.61 Å². The van der Waals surface area contributed by atoms with Crippen LogP contribution in [0.2, 0.25) is 5.02 Å². The van der Waals surface area contributed by atoms with Crippen LogP contribution in [0.3, 0.4) is 0 Å². The predicted molar refractivity (Wildman–Crippen MR) is 131 cm³/mol. The minimum Gasteiger partial charge on any atom is -0.494 e. The molecule has 1 heterocycles. The topological polar surface area (TPSA) is 36.3 Å². The number of hydrogen-bond acceptors (Lipinski definition) is 3. The van der Waals surface area contributed by atoms with Crippen LogP contribution in [0.1, 0.15) is 43.1 Å². The molecule has 4 rings (SSSR count). The average molecular weight is 449 g/mol. The number of aromatic nitrogens is 2. The average Bonchev–Trinajstić information content (AvgIpc) is 3.15. The Bertz CT molecular complexity index is 1180. The van der Waals surface area contributed by atoms with Gasteiger partial charge in [-0.05, 0) is 72.9 Å². The zero-order valence-electron chi connectivity index (χ0n) is 18.8. The summed E-state index contributed by atoms with van der Waals surface area (Å²) in [4.78, 5) is 4.81. The molecule has 0 saturated carbocycles. The molecule has 0 aliphatic carbocycles. The number of imidazole rings is 1. The molecule has 0 saturated heterocycles. The largest absolute Gasteiger partial charge is 0.494 e. The predicted octanol–water partition coefficient (Wildman–Crippen LogP) is 7.17. The highest BCUT2D eigenvalue weighted by molar-refractivity contribution is 6.31. The van der Waals surface area contributed by atoms with Gasteiger partial charge in [-0.3, -0.25) is 0 Å². The lowest BCUT2D eigenvalue weighted by molar-refractivity contribution is 0.280. The summed E-state index contributed by atoms with van der Waals surface area (Å²) in [5.74, 6) is 3.12. The van der Waals surface area contributed by atoms with E-state index in [0.29, 0.717) is 19.1 Å². The summed E-state index contributed by atoms with van der Waals surface area (Å²) < 4.78 is 14.2. The van der Waals surface area contributed by atoms with E-state index < -0.39 is 0 Å². The zero-order chi connectivity index (χ0) is 22.5. The highest BCUT2D eigenvalue weighted by Crippen LogP contribution is 2.23. The molecular formula is C27H29ClN2O2. The van der Waals surface area contributed by atoms with Crippen LogP contribution in [0.4, 0.5) is 0 Å². The number of rotatable bonds is 9. The Hall–Kier alpha value is -2.98. The van der Waals surface area contributed by atoms with Gasteiger partial charge in [0.15, 0.2) is 0 Å². The van der Waals surface area contributed by atoms with Gasteiger partial charge in [-0.1, -0.05) is 49.7 Å². The molecule has 0 atom stereocenters. The third kappa shape index (κ3) is 5.25. The molecule has 32 heavy (non-hydrogen) atoms. The summed E-state index contributed by atoms with van der Waals surface area (Å²) >= 11 is 6.10. The van der Waals surface area contributed by atoms with Crippen molar-refractivity contribution in [2.45, 2.75) is 46.3 Å². The molecule has 0 aliphatic rings. The summed E-state index contributed by atoms with van der Waals surface area (Å²) in [5, 5.41) is 0.755. The highest BCUT2D eigenvalue weighted by atomic mass is 35.5. The molecular weight excluding hydrogens is 420 g/mol. The number of nitrogens with zero attached hydrogens (tertiary/aromatic N) is 2. The molecule has 4 aromatic rings. The summed E-state index contributed by atoms with van der Waals surface area (Å²) in [5.41, 5.74) is 4.42. The molecule has 0 fully saturated rings. The Labute approximate surface area is 194 Å². The molecule has 3 aromatic carbocycles. The SMILES string of the molecule is Cc1cc(OCCCn2c(COc3ccc(C(C)C)cc3)nc3ccccc32)ccc1Cl. The maximum Gasteiger partial charge on any atom is 0.147 e. The first-order valence-electron chi connectivity index (χ1n) is 11.1. The van der Waals surface area contributed by atoms with E-state index in [2.05, 4.69) is 36.6 Å². The van der Waals surface area contributed by atoms with Crippen molar-refractivity contribution < 1.29 is 9.47 Å². The smallest absolute Gasteiger partial charge is 0.147 e. The molecule has 4 nitrogen and oxygen atoms in total. The Morgan fingerprint density at radius 3 is 2.44 bits per heavy atom. The van der Waals surface area contributed by atoms with Gasteiger partial charge in [-0.15, -0.1) is 0 Å². The Morgan fingerprint density at radius 2 is 1.69 bits per heavy atom. The second-order valence-corrected chi connectivity index (χ2v) is 8.70. The van der Waals surface area contributed by atoms with Crippen LogP contribution in [-0.2, 0) is 13.2 Å². The van der Waals surface area contributed by atoms with Crippen LogP contribution in [-0.4, -0.2) is 16.2 Å². The van der Waals surface area contributed by atoms with Crippen molar-refractivity contribution in [1.82, 2.24) is 9.55 Å². The first-order chi connectivity index (χ1) is 15.5. The lowest BCUT2D eigenvalue weighted by Gasteiger charge is -2.12. The second-order valence-electron chi connectivity index (χ2n) is 8.29. The highest BCUT2D eigenvalue weighted by Gasteiger charge is 2.11. The van der Waals surface area contributed by atoms with E-state index in [4.69, 9.17) is 26.1 Å². The monoisotopic (exact) mass is 448 g/mol. The number of para-hydroxylation sites is 2. The molecule has 0 unspecified atom stereocenters. The van der Waals surface area contributed by atoms with Gasteiger partial charge in [0.25, 0.3) is 0 Å². The van der Waals surface area contributed by atoms with Gasteiger partial charge in [-0.25, -0.2) is 4.98 Å². The van der Waals surface area contributed by atoms with E-state index in [1.807, 2.05) is 55.5 Å². The van der Waals surface area contributed by atoms with Crippen LogP contribution in [0.15, 0.2) is 66.7 Å². The lowest BCUT2D eigenvalue weighted by Crippen LogP contribution is -2.10. The van der Waals surface area contributed by atoms with E-state index in [1.165, 1.54) is 5.56 Å². The van der Waals surface area contributed by atoms with Crippen LogP contribution in [0.25, 0.3) is 11.0 Å². The number of aryl methyl sites for hydroxylation is 2. The first-order valence-corrected chi connectivity index (χ1v) is 11.4. The van der Waals surface area contributed by atoms with Gasteiger partial charge in [0, 0.05) is 11.6 Å². The molecule has 0 amide bonds. The molecule has 0 N–H and O–H groups in total. The van der Waals surface area contributed by atoms with Crippen molar-refractivity contribution in [3.63, 3.8) is 0 Å². The summed E-state index contributed by atoms with van der Waals surface area (Å²) in [6, 6.07) is 22.3. The summed E-state index contributed by atoms with van der Waals surface area (Å²) in [7, 11) is 0. The number of ether oxygens (including phenoxy) is 2. The van der Waals surface area contributed by atoms with Crippen LogP contribution < -0.4 is 9.47 Å². The number of fused-ring (bicyclic) bond motifs is 1. The normalized spacial score (nSPS) is 11.3. The van der Waals surface area contributed by atoms with Crippen LogP contribution >= 0.6 is 11.6 Å². The fourth-order valence-corrected chi connectivity index (χ4v) is 3.82. The number of halogens is 1. The van der Waals surface area contributed by atoms with Crippen molar-refractivity contribution in [3.8, 4) is 11.5 Å². The van der Waals surface area contributed by atoms with Crippen molar-refractivity contribution in [2.24, 2.45) is 0 Å². The number of hydrogen-bond donors (Lipinski definition) is 0. The maximum absolute atomic E-state index is 6.10. The Kier molecular flexibility index (Phi) is 7.01. The molecule has 0 radical (unpaired) electrons. The number of benzene rings is 3. The second kappa shape index (κ2) is 10.1. The van der Waals surface area contributed by atoms with Gasteiger partial charge in [0.2, 0.25) is 0 Å². The maximum atomic E-state index is 6.10. The first kappa shape index (κ1) is 22.2. The lowest BCUT2D eigenvalue weighted by atomic mass is 10.0. The minimum atomic E-state index is 0.424. The van der Waals surface area contributed by atoms with E-state index in [-0.39, 0.29) is 0 Å². The summed E-state index contributed by atoms with van der Waals surface area (Å²) in [6.45, 7) is 8.21. The fraction of sp³-hybridized carbons (Fsp3) is 0.296. The fourth-order valence-electron chi connectivity index (χ4n) is 3.70. The third-order valence-corrected chi connectivity index (χ3v) is 6.00. The van der Waals surface area contributed by atoms with Crippen molar-refractivity contribution in [1.29, 1.82) is 0 Å². The van der Waals surface area contributed by atoms with Gasteiger partial charge in [0.1, 0.15) is 23.9 Å². The van der Waals surface area contributed by atoms with Gasteiger partial charge in [-0.2, -0.15) is 0 Å². The molecule has 0 aliphatic heterocycles. The van der Waals surface area contributed by atoms with Crippen LogP contribution in [0, 0.1) is 6.92 Å². The molecule has 5 heteroatoms. The standard InChI is InChI=1S/C27H29ClN2O2/c1-19(2)21-9-11-22(12-10-21)32-18-27-29-25-7-4-5-8-26(25)30(27)15-6-16-31-23-13-14-24(28)20(3)17-23/h4-5,7-14,17,19H,6,15-16,18H2,1-3H3. The van der Waals surface area contributed by atoms with Gasteiger partial charge >= 0.3 is 0 Å². The summed E-state index contributed by atoms with van der Waals surface area (Å²) in [6.07, 6.45) is 0.859.